The third-order valence-corrected chi connectivity index (χ3v) is 3.46. The summed E-state index contributed by atoms with van der Waals surface area (Å²) in [6.45, 7) is 1.03. The van der Waals surface area contributed by atoms with Crippen molar-refractivity contribution in [2.75, 3.05) is 23.9 Å². The summed E-state index contributed by atoms with van der Waals surface area (Å²) in [5, 5.41) is 3.40. The number of hydrogen-bond donors (Lipinski definition) is 2. The monoisotopic (exact) mass is 268 g/mol. The molecule has 17 heavy (non-hydrogen) atoms. The van der Waals surface area contributed by atoms with Crippen molar-refractivity contribution in [2.45, 2.75) is 19.3 Å². The fraction of sp³-hybridized carbons (Fsp3) is 0.462. The molecule has 0 atom stereocenters. The molecule has 3 N–H and O–H groups in total. The van der Waals surface area contributed by atoms with Crippen LogP contribution < -0.4 is 11.1 Å². The van der Waals surface area contributed by atoms with E-state index in [9.17, 15) is 0 Å². The molecular formula is C13H20N2S2. The fourth-order valence-corrected chi connectivity index (χ4v) is 2.16. The molecule has 0 amide bonds. The largest absolute Gasteiger partial charge is 0.389 e. The number of anilines is 1. The average molecular weight is 268 g/mol. The maximum Gasteiger partial charge on any atom is 0.103 e. The molecule has 0 aliphatic rings. The average Bonchev–Trinajstić information content (AvgIpc) is 2.34. The first-order valence-corrected chi connectivity index (χ1v) is 7.67. The highest BCUT2D eigenvalue weighted by atomic mass is 32.2. The molecule has 0 aliphatic carbocycles. The van der Waals surface area contributed by atoms with E-state index in [1.54, 1.807) is 0 Å². The van der Waals surface area contributed by atoms with Crippen molar-refractivity contribution in [3.8, 4) is 0 Å². The number of rotatable bonds is 8. The predicted molar refractivity (Wildman–Crippen MR) is 83.1 cm³/mol. The molecule has 0 radical (unpaired) electrons. The topological polar surface area (TPSA) is 38.0 Å². The van der Waals surface area contributed by atoms with Crippen LogP contribution in [0.1, 0.15) is 24.8 Å². The molecule has 1 rings (SSSR count). The van der Waals surface area contributed by atoms with Gasteiger partial charge >= 0.3 is 0 Å². The summed E-state index contributed by atoms with van der Waals surface area (Å²) >= 11 is 6.82. The molecule has 0 fully saturated rings. The van der Waals surface area contributed by atoms with Crippen molar-refractivity contribution in [3.63, 3.8) is 0 Å². The maximum absolute atomic E-state index is 5.54. The van der Waals surface area contributed by atoms with E-state index in [4.69, 9.17) is 18.0 Å². The molecule has 0 aromatic heterocycles. The van der Waals surface area contributed by atoms with Gasteiger partial charge in [0.05, 0.1) is 0 Å². The van der Waals surface area contributed by atoms with Crippen LogP contribution in [0, 0.1) is 0 Å². The summed E-state index contributed by atoms with van der Waals surface area (Å²) in [5.74, 6) is 1.27. The molecule has 1 aromatic carbocycles. The third-order valence-electron chi connectivity index (χ3n) is 2.52. The molecule has 4 heteroatoms. The van der Waals surface area contributed by atoms with Crippen molar-refractivity contribution >= 4 is 34.7 Å². The molecule has 94 valence electrons. The van der Waals surface area contributed by atoms with Gasteiger partial charge in [0.25, 0.3) is 0 Å². The van der Waals surface area contributed by atoms with Crippen LogP contribution >= 0.6 is 24.0 Å². The van der Waals surface area contributed by atoms with Gasteiger partial charge in [-0.15, -0.1) is 0 Å². The Balaban J connectivity index is 2.21. The normalized spacial score (nSPS) is 10.2. The van der Waals surface area contributed by atoms with Gasteiger partial charge in [0, 0.05) is 17.8 Å². The number of thiocarbonyl (C=S) groups is 1. The standard InChI is InChI=1S/C13H20N2S2/c1-17-10-4-2-3-9-15-12-7-5-11(6-8-12)13(14)16/h5-8,15H,2-4,9-10H2,1H3,(H2,14,16). The van der Waals surface area contributed by atoms with Crippen molar-refractivity contribution < 1.29 is 0 Å². The highest BCUT2D eigenvalue weighted by Gasteiger charge is 1.96. The lowest BCUT2D eigenvalue weighted by atomic mass is 10.2. The van der Waals surface area contributed by atoms with Crippen LogP contribution in [0.4, 0.5) is 5.69 Å². The highest BCUT2D eigenvalue weighted by molar-refractivity contribution is 7.98. The molecule has 0 bridgehead atoms. The van der Waals surface area contributed by atoms with Crippen LogP contribution in [0.15, 0.2) is 24.3 Å². The van der Waals surface area contributed by atoms with E-state index in [1.165, 1.54) is 25.0 Å². The van der Waals surface area contributed by atoms with E-state index in [0.29, 0.717) is 4.99 Å². The van der Waals surface area contributed by atoms with Crippen LogP contribution in [-0.4, -0.2) is 23.5 Å². The van der Waals surface area contributed by atoms with E-state index in [0.717, 1.165) is 17.8 Å². The Morgan fingerprint density at radius 3 is 2.53 bits per heavy atom. The molecule has 0 saturated carbocycles. The molecule has 2 nitrogen and oxygen atoms in total. The van der Waals surface area contributed by atoms with Crippen LogP contribution in [0.25, 0.3) is 0 Å². The zero-order valence-corrected chi connectivity index (χ0v) is 11.9. The summed E-state index contributed by atoms with van der Waals surface area (Å²) in [6, 6.07) is 7.96. The second-order valence-corrected chi connectivity index (χ2v) is 5.35. The first-order valence-electron chi connectivity index (χ1n) is 5.86. The van der Waals surface area contributed by atoms with E-state index >= 15 is 0 Å². The minimum Gasteiger partial charge on any atom is -0.389 e. The van der Waals surface area contributed by atoms with Gasteiger partial charge in [-0.05, 0) is 49.1 Å². The Morgan fingerprint density at radius 2 is 1.94 bits per heavy atom. The van der Waals surface area contributed by atoms with Crippen molar-refractivity contribution in [1.82, 2.24) is 0 Å². The van der Waals surface area contributed by atoms with Crippen LogP contribution in [0.3, 0.4) is 0 Å². The van der Waals surface area contributed by atoms with Gasteiger partial charge in [-0.25, -0.2) is 0 Å². The summed E-state index contributed by atoms with van der Waals surface area (Å²) in [6.07, 6.45) is 5.97. The van der Waals surface area contributed by atoms with Crippen molar-refractivity contribution in [1.29, 1.82) is 0 Å². The Labute approximate surface area is 113 Å². The lowest BCUT2D eigenvalue weighted by Crippen LogP contribution is -2.09. The Morgan fingerprint density at radius 1 is 1.24 bits per heavy atom. The Kier molecular flexibility index (Phi) is 7.05. The molecule has 0 heterocycles. The van der Waals surface area contributed by atoms with E-state index in [-0.39, 0.29) is 0 Å². The molecule has 0 unspecified atom stereocenters. The van der Waals surface area contributed by atoms with Crippen LogP contribution in [-0.2, 0) is 0 Å². The van der Waals surface area contributed by atoms with Gasteiger partial charge in [0.1, 0.15) is 4.99 Å². The number of hydrogen-bond acceptors (Lipinski definition) is 3. The zero-order chi connectivity index (χ0) is 12.5. The lowest BCUT2D eigenvalue weighted by molar-refractivity contribution is 0.750. The van der Waals surface area contributed by atoms with Gasteiger partial charge in [-0.2, -0.15) is 11.8 Å². The van der Waals surface area contributed by atoms with E-state index < -0.39 is 0 Å². The number of unbranched alkanes of at least 4 members (excludes halogenated alkanes) is 2. The minimum absolute atomic E-state index is 0.452. The van der Waals surface area contributed by atoms with E-state index in [2.05, 4.69) is 11.6 Å². The Hall–Kier alpha value is -0.740. The molecule has 1 aromatic rings. The number of nitrogens with one attached hydrogen (secondary N) is 1. The number of nitrogens with two attached hydrogens (primary N) is 1. The minimum atomic E-state index is 0.452. The zero-order valence-electron chi connectivity index (χ0n) is 10.2. The predicted octanol–water partition coefficient (Wildman–Crippen LogP) is 3.27. The SMILES string of the molecule is CSCCCCCNc1ccc(C(N)=S)cc1. The van der Waals surface area contributed by atoms with Gasteiger partial charge in [-0.3, -0.25) is 0 Å². The molecule has 0 spiro atoms. The summed E-state index contributed by atoms with van der Waals surface area (Å²) in [4.78, 5) is 0.452. The summed E-state index contributed by atoms with van der Waals surface area (Å²) < 4.78 is 0. The lowest BCUT2D eigenvalue weighted by Gasteiger charge is -2.07. The second-order valence-electron chi connectivity index (χ2n) is 3.92. The van der Waals surface area contributed by atoms with Crippen LogP contribution in [0.2, 0.25) is 0 Å². The number of thioether (sulfide) groups is 1. The van der Waals surface area contributed by atoms with Gasteiger partial charge < -0.3 is 11.1 Å². The highest BCUT2D eigenvalue weighted by Crippen LogP contribution is 2.10. The van der Waals surface area contributed by atoms with Gasteiger partial charge in [0.2, 0.25) is 0 Å². The van der Waals surface area contributed by atoms with E-state index in [1.807, 2.05) is 36.0 Å². The van der Waals surface area contributed by atoms with Gasteiger partial charge in [-0.1, -0.05) is 18.6 Å². The number of benzene rings is 1. The fourth-order valence-electron chi connectivity index (χ4n) is 1.53. The van der Waals surface area contributed by atoms with Crippen molar-refractivity contribution in [2.24, 2.45) is 5.73 Å². The smallest absolute Gasteiger partial charge is 0.103 e. The first-order chi connectivity index (χ1) is 8.24. The second kappa shape index (κ2) is 8.37. The summed E-state index contributed by atoms with van der Waals surface area (Å²) in [7, 11) is 0. The maximum atomic E-state index is 5.54. The quantitative estimate of drug-likeness (QED) is 0.560. The first kappa shape index (κ1) is 14.3. The molecular weight excluding hydrogens is 248 g/mol. The Bertz CT molecular complexity index is 336. The van der Waals surface area contributed by atoms with Gasteiger partial charge in [0.15, 0.2) is 0 Å². The molecule has 0 saturated heterocycles. The summed E-state index contributed by atoms with van der Waals surface area (Å²) in [5.41, 5.74) is 7.60. The van der Waals surface area contributed by atoms with Crippen molar-refractivity contribution in [3.05, 3.63) is 29.8 Å². The third kappa shape index (κ3) is 5.94. The molecule has 0 aliphatic heterocycles. The van der Waals surface area contributed by atoms with Crippen LogP contribution in [0.5, 0.6) is 0 Å².